The number of fused-ring (bicyclic) bond motifs is 2. The number of carbonyl (C=O) groups is 1. The Morgan fingerprint density at radius 3 is 2.87 bits per heavy atom. The van der Waals surface area contributed by atoms with Crippen molar-refractivity contribution in [1.29, 1.82) is 0 Å². The Morgan fingerprint density at radius 2 is 2.07 bits per heavy atom. The van der Waals surface area contributed by atoms with E-state index in [1.165, 1.54) is 6.20 Å². The second kappa shape index (κ2) is 7.53. The summed E-state index contributed by atoms with van der Waals surface area (Å²) >= 11 is 5.87. The zero-order chi connectivity index (χ0) is 20.9. The zero-order valence-electron chi connectivity index (χ0n) is 16.4. The number of ether oxygens (including phenoxy) is 1. The van der Waals surface area contributed by atoms with Gasteiger partial charge in [0.25, 0.3) is 0 Å². The number of hydrogen-bond donors (Lipinski definition) is 0. The Labute approximate surface area is 177 Å². The molecule has 3 saturated heterocycles. The molecule has 0 bridgehead atoms. The van der Waals surface area contributed by atoms with Gasteiger partial charge in [-0.3, -0.25) is 9.69 Å². The first-order valence-corrected chi connectivity index (χ1v) is 10.6. The minimum atomic E-state index is -0.866. The largest absolute Gasteiger partial charge is 0.461 e. The van der Waals surface area contributed by atoms with Crippen LogP contribution in [0.1, 0.15) is 32.1 Å². The summed E-state index contributed by atoms with van der Waals surface area (Å²) in [5, 5.41) is 0.146. The molecule has 2 atom stereocenters. The average Bonchev–Trinajstić information content (AvgIpc) is 3.25. The second-order valence-corrected chi connectivity index (χ2v) is 8.70. The number of hydrogen-bond acceptors (Lipinski definition) is 7. The molecule has 3 fully saturated rings. The van der Waals surface area contributed by atoms with Crippen LogP contribution < -0.4 is 9.64 Å². The van der Waals surface area contributed by atoms with E-state index in [1.54, 1.807) is 0 Å². The van der Waals surface area contributed by atoms with E-state index in [4.69, 9.17) is 16.3 Å². The molecule has 2 aromatic heterocycles. The number of carbonyl (C=O) groups excluding carboxylic acids is 1. The van der Waals surface area contributed by atoms with Gasteiger partial charge in [-0.05, 0) is 19.4 Å². The number of halogens is 3. The van der Waals surface area contributed by atoms with Crippen LogP contribution in [0.25, 0.3) is 10.9 Å². The van der Waals surface area contributed by atoms with Crippen LogP contribution in [0.3, 0.4) is 0 Å². The number of Topliss-reactive ketones (excluding diaryl/α,β-unsaturated/α-hetero) is 1. The molecule has 3 aliphatic heterocycles. The van der Waals surface area contributed by atoms with Crippen molar-refractivity contribution >= 4 is 34.1 Å². The lowest BCUT2D eigenvalue weighted by Gasteiger charge is -2.31. The highest BCUT2D eigenvalue weighted by molar-refractivity contribution is 6.30. The van der Waals surface area contributed by atoms with Gasteiger partial charge < -0.3 is 9.64 Å². The molecule has 5 rings (SSSR count). The molecule has 0 N–H and O–H groups in total. The first-order valence-electron chi connectivity index (χ1n) is 10.3. The summed E-state index contributed by atoms with van der Waals surface area (Å²) in [6.07, 6.45) is 3.66. The highest BCUT2D eigenvalue weighted by Gasteiger charge is 2.49. The van der Waals surface area contributed by atoms with Crippen molar-refractivity contribution in [1.82, 2.24) is 19.9 Å². The quantitative estimate of drug-likeness (QED) is 0.681. The maximum atomic E-state index is 14.7. The van der Waals surface area contributed by atoms with Crippen LogP contribution in [0.5, 0.6) is 6.01 Å². The fourth-order valence-corrected chi connectivity index (χ4v) is 5.06. The smallest absolute Gasteiger partial charge is 0.319 e. The van der Waals surface area contributed by atoms with Gasteiger partial charge in [0.05, 0.1) is 10.9 Å². The van der Waals surface area contributed by atoms with Gasteiger partial charge in [-0.25, -0.2) is 13.8 Å². The molecule has 0 saturated carbocycles. The summed E-state index contributed by atoms with van der Waals surface area (Å²) in [7, 11) is 0. The predicted octanol–water partition coefficient (Wildman–Crippen LogP) is 2.94. The van der Waals surface area contributed by atoms with E-state index in [0.29, 0.717) is 50.1 Å². The second-order valence-electron chi connectivity index (χ2n) is 8.34. The molecule has 0 amide bonds. The van der Waals surface area contributed by atoms with Crippen LogP contribution in [0.15, 0.2) is 6.20 Å². The third kappa shape index (κ3) is 3.37. The predicted molar refractivity (Wildman–Crippen MR) is 107 cm³/mol. The molecule has 0 unspecified atom stereocenters. The zero-order valence-corrected chi connectivity index (χ0v) is 17.2. The van der Waals surface area contributed by atoms with Crippen molar-refractivity contribution in [2.75, 3.05) is 37.7 Å². The molecule has 0 aromatic carbocycles. The van der Waals surface area contributed by atoms with Gasteiger partial charge in [0.2, 0.25) is 0 Å². The molecule has 0 aliphatic carbocycles. The number of ketones is 1. The number of aromatic nitrogens is 3. The SMILES string of the molecule is O=C1CCN(c2nc(OC[C@@]34CCCN3C[C@H](F)C4)nc3c(F)c(Cl)ncc23)CC1. The number of anilines is 1. The number of pyridine rings is 1. The van der Waals surface area contributed by atoms with Gasteiger partial charge in [-0.15, -0.1) is 0 Å². The molecule has 5 heterocycles. The van der Waals surface area contributed by atoms with E-state index in [1.807, 2.05) is 4.90 Å². The van der Waals surface area contributed by atoms with Crippen LogP contribution in [0.4, 0.5) is 14.6 Å². The fraction of sp³-hybridized carbons (Fsp3) is 0.600. The molecule has 0 spiro atoms. The first kappa shape index (κ1) is 19.8. The Bertz CT molecular complexity index is 999. The Morgan fingerprint density at radius 1 is 1.27 bits per heavy atom. The van der Waals surface area contributed by atoms with E-state index >= 15 is 0 Å². The van der Waals surface area contributed by atoms with Crippen molar-refractivity contribution in [2.24, 2.45) is 0 Å². The lowest BCUT2D eigenvalue weighted by Crippen LogP contribution is -2.43. The minimum Gasteiger partial charge on any atom is -0.461 e. The van der Waals surface area contributed by atoms with Crippen molar-refractivity contribution < 1.29 is 18.3 Å². The molecule has 7 nitrogen and oxygen atoms in total. The molecular formula is C20H22ClF2N5O2. The van der Waals surface area contributed by atoms with Crippen LogP contribution in [0.2, 0.25) is 5.15 Å². The summed E-state index contributed by atoms with van der Waals surface area (Å²) in [5.74, 6) is -0.0712. The average molecular weight is 438 g/mol. The monoisotopic (exact) mass is 437 g/mol. The maximum absolute atomic E-state index is 14.7. The van der Waals surface area contributed by atoms with Crippen molar-refractivity contribution in [3.05, 3.63) is 17.2 Å². The number of alkyl halides is 1. The Kier molecular flexibility index (Phi) is 4.97. The van der Waals surface area contributed by atoms with Gasteiger partial charge in [0, 0.05) is 45.1 Å². The number of nitrogens with zero attached hydrogens (tertiary/aromatic N) is 5. The molecule has 0 radical (unpaired) electrons. The van der Waals surface area contributed by atoms with Gasteiger partial charge >= 0.3 is 6.01 Å². The van der Waals surface area contributed by atoms with E-state index in [0.717, 1.165) is 19.4 Å². The molecule has 30 heavy (non-hydrogen) atoms. The van der Waals surface area contributed by atoms with E-state index in [2.05, 4.69) is 19.9 Å². The third-order valence-corrected chi connectivity index (χ3v) is 6.72. The standard InChI is InChI=1S/C20H22ClF2N5O2/c21-17-15(23)16-14(9-24-17)18(27-6-2-13(29)3-7-27)26-19(25-16)30-11-20-4-1-5-28(20)10-12(22)8-20/h9,12H,1-8,10-11H2/t12-,20+/m1/s1. The molecule has 2 aromatic rings. The summed E-state index contributed by atoms with van der Waals surface area (Å²) in [4.78, 5) is 28.4. The normalized spacial score (nSPS) is 27.1. The van der Waals surface area contributed by atoms with E-state index in [9.17, 15) is 13.6 Å². The topological polar surface area (TPSA) is 71.5 Å². The maximum Gasteiger partial charge on any atom is 0.319 e. The fourth-order valence-electron chi connectivity index (χ4n) is 4.92. The van der Waals surface area contributed by atoms with Crippen LogP contribution in [0, 0.1) is 5.82 Å². The van der Waals surface area contributed by atoms with Gasteiger partial charge in [0.1, 0.15) is 29.9 Å². The molecule has 160 valence electrons. The third-order valence-electron chi connectivity index (χ3n) is 6.45. The van der Waals surface area contributed by atoms with Crippen molar-refractivity contribution in [3.8, 4) is 6.01 Å². The Hall–Kier alpha value is -2.13. The Balaban J connectivity index is 1.49. The summed E-state index contributed by atoms with van der Waals surface area (Å²) < 4.78 is 34.7. The highest BCUT2D eigenvalue weighted by Crippen LogP contribution is 2.40. The van der Waals surface area contributed by atoms with Crippen LogP contribution >= 0.6 is 11.6 Å². The molecular weight excluding hydrogens is 416 g/mol. The van der Waals surface area contributed by atoms with Gasteiger partial charge in [-0.2, -0.15) is 9.97 Å². The minimum absolute atomic E-state index is 0.0269. The van der Waals surface area contributed by atoms with Gasteiger partial charge in [0.15, 0.2) is 11.0 Å². The van der Waals surface area contributed by atoms with Crippen LogP contribution in [-0.2, 0) is 4.79 Å². The number of rotatable bonds is 4. The lowest BCUT2D eigenvalue weighted by atomic mass is 9.95. The summed E-state index contributed by atoms with van der Waals surface area (Å²) in [6.45, 7) is 2.49. The van der Waals surface area contributed by atoms with Gasteiger partial charge in [-0.1, -0.05) is 11.6 Å². The van der Waals surface area contributed by atoms with Crippen molar-refractivity contribution in [2.45, 2.75) is 43.8 Å². The van der Waals surface area contributed by atoms with E-state index in [-0.39, 0.29) is 34.6 Å². The van der Waals surface area contributed by atoms with Crippen molar-refractivity contribution in [3.63, 3.8) is 0 Å². The summed E-state index contributed by atoms with van der Waals surface area (Å²) in [5.41, 5.74) is -0.327. The lowest BCUT2D eigenvalue weighted by molar-refractivity contribution is -0.119. The van der Waals surface area contributed by atoms with E-state index < -0.39 is 12.0 Å². The number of piperidine rings is 1. The first-order chi connectivity index (χ1) is 14.4. The molecule has 3 aliphatic rings. The summed E-state index contributed by atoms with van der Waals surface area (Å²) in [6, 6.07) is 0.0269. The van der Waals surface area contributed by atoms with Crippen LogP contribution in [-0.4, -0.2) is 70.1 Å². The molecule has 10 heteroatoms. The highest BCUT2D eigenvalue weighted by atomic mass is 35.5.